The standard InChI is InChI=1S/C13H17N3O2S/c1-7-5-16(6-8(2)18-7)13-10(4-14)11(15)12(19-13)9(3)17/h7-8H,5-6,15H2,1-3H3/t7-,8+. The van der Waals surface area contributed by atoms with Gasteiger partial charge in [-0.15, -0.1) is 11.3 Å². The molecule has 1 fully saturated rings. The average Bonchev–Trinajstić information content (AvgIpc) is 2.65. The molecule has 1 saturated heterocycles. The van der Waals surface area contributed by atoms with E-state index in [9.17, 15) is 10.1 Å². The van der Waals surface area contributed by atoms with Gasteiger partial charge >= 0.3 is 0 Å². The highest BCUT2D eigenvalue weighted by Crippen LogP contribution is 2.39. The van der Waals surface area contributed by atoms with E-state index in [1.807, 2.05) is 13.8 Å². The van der Waals surface area contributed by atoms with Crippen molar-refractivity contribution in [2.75, 3.05) is 23.7 Å². The predicted molar refractivity (Wildman–Crippen MR) is 75.7 cm³/mol. The Bertz CT molecular complexity index is 537. The number of carbonyl (C=O) groups is 1. The molecular formula is C13H17N3O2S. The summed E-state index contributed by atoms with van der Waals surface area (Å²) in [7, 11) is 0. The Morgan fingerprint density at radius 3 is 2.53 bits per heavy atom. The second-order valence-electron chi connectivity index (χ2n) is 4.86. The molecule has 1 aromatic heterocycles. The number of morpholine rings is 1. The summed E-state index contributed by atoms with van der Waals surface area (Å²) in [6.07, 6.45) is 0.193. The van der Waals surface area contributed by atoms with Gasteiger partial charge in [-0.05, 0) is 13.8 Å². The monoisotopic (exact) mass is 279 g/mol. The van der Waals surface area contributed by atoms with Crippen LogP contribution in [0.2, 0.25) is 0 Å². The molecule has 0 saturated carbocycles. The highest BCUT2D eigenvalue weighted by atomic mass is 32.1. The van der Waals surface area contributed by atoms with Crippen LogP contribution in [0.4, 0.5) is 10.7 Å². The molecule has 0 amide bonds. The Balaban J connectivity index is 2.42. The van der Waals surface area contributed by atoms with Crippen LogP contribution in [-0.2, 0) is 4.74 Å². The first kappa shape index (κ1) is 13.8. The van der Waals surface area contributed by atoms with Crippen molar-refractivity contribution < 1.29 is 9.53 Å². The smallest absolute Gasteiger partial charge is 0.171 e. The number of ether oxygens (including phenoxy) is 1. The van der Waals surface area contributed by atoms with Crippen molar-refractivity contribution in [3.8, 4) is 6.07 Å². The fourth-order valence-corrected chi connectivity index (χ4v) is 3.45. The van der Waals surface area contributed by atoms with Crippen LogP contribution >= 0.6 is 11.3 Å². The summed E-state index contributed by atoms with van der Waals surface area (Å²) in [5, 5.41) is 10.0. The van der Waals surface area contributed by atoms with Crippen molar-refractivity contribution in [3.63, 3.8) is 0 Å². The van der Waals surface area contributed by atoms with Crippen molar-refractivity contribution in [3.05, 3.63) is 10.4 Å². The van der Waals surface area contributed by atoms with E-state index >= 15 is 0 Å². The van der Waals surface area contributed by atoms with Gasteiger partial charge in [-0.2, -0.15) is 5.26 Å². The molecule has 0 bridgehead atoms. The Labute approximate surface area is 116 Å². The first-order chi connectivity index (χ1) is 8.93. The van der Waals surface area contributed by atoms with E-state index in [-0.39, 0.29) is 18.0 Å². The number of Topliss-reactive ketones (excluding diaryl/α,β-unsaturated/α-hetero) is 1. The SMILES string of the molecule is CC(=O)c1sc(N2C[C@@H](C)O[C@@H](C)C2)c(C#N)c1N. The van der Waals surface area contributed by atoms with Crippen LogP contribution < -0.4 is 10.6 Å². The fraction of sp³-hybridized carbons (Fsp3) is 0.538. The summed E-state index contributed by atoms with van der Waals surface area (Å²) in [4.78, 5) is 14.1. The van der Waals surface area contributed by atoms with Gasteiger partial charge in [-0.25, -0.2) is 0 Å². The maximum absolute atomic E-state index is 11.5. The van der Waals surface area contributed by atoms with Crippen molar-refractivity contribution in [2.45, 2.75) is 33.0 Å². The molecular weight excluding hydrogens is 262 g/mol. The van der Waals surface area contributed by atoms with E-state index in [0.717, 1.165) is 5.00 Å². The van der Waals surface area contributed by atoms with Gasteiger partial charge in [-0.1, -0.05) is 0 Å². The van der Waals surface area contributed by atoms with Crippen LogP contribution in [0.25, 0.3) is 0 Å². The molecule has 0 spiro atoms. The molecule has 6 heteroatoms. The summed E-state index contributed by atoms with van der Waals surface area (Å²) >= 11 is 1.30. The van der Waals surface area contributed by atoms with Gasteiger partial charge in [0.05, 0.1) is 22.8 Å². The quantitative estimate of drug-likeness (QED) is 0.838. The van der Waals surface area contributed by atoms with Gasteiger partial charge in [-0.3, -0.25) is 4.79 Å². The van der Waals surface area contributed by atoms with Gasteiger partial charge in [0.1, 0.15) is 16.6 Å². The van der Waals surface area contributed by atoms with Gasteiger partial charge < -0.3 is 15.4 Å². The van der Waals surface area contributed by atoms with Crippen LogP contribution in [0.5, 0.6) is 0 Å². The minimum Gasteiger partial charge on any atom is -0.396 e. The summed E-state index contributed by atoms with van der Waals surface area (Å²) in [5.74, 6) is -0.0976. The van der Waals surface area contributed by atoms with E-state index in [4.69, 9.17) is 10.5 Å². The zero-order chi connectivity index (χ0) is 14.2. The molecule has 0 radical (unpaired) electrons. The normalized spacial score (nSPS) is 23.2. The lowest BCUT2D eigenvalue weighted by Crippen LogP contribution is -2.45. The summed E-state index contributed by atoms with van der Waals surface area (Å²) in [6.45, 7) is 6.87. The lowest BCUT2D eigenvalue weighted by Gasteiger charge is -2.36. The Kier molecular flexibility index (Phi) is 3.78. The predicted octanol–water partition coefficient (Wildman–Crippen LogP) is 2.02. The Hall–Kier alpha value is -1.58. The highest BCUT2D eigenvalue weighted by Gasteiger charge is 2.28. The molecule has 2 N–H and O–H groups in total. The molecule has 0 aliphatic carbocycles. The van der Waals surface area contributed by atoms with Crippen LogP contribution in [0.3, 0.4) is 0 Å². The Morgan fingerprint density at radius 2 is 2.05 bits per heavy atom. The zero-order valence-corrected chi connectivity index (χ0v) is 12.1. The lowest BCUT2D eigenvalue weighted by molar-refractivity contribution is -0.00501. The number of hydrogen-bond acceptors (Lipinski definition) is 6. The number of hydrogen-bond donors (Lipinski definition) is 1. The van der Waals surface area contributed by atoms with E-state index < -0.39 is 0 Å². The van der Waals surface area contributed by atoms with Crippen LogP contribution in [0, 0.1) is 11.3 Å². The molecule has 0 unspecified atom stereocenters. The van der Waals surface area contributed by atoms with Gasteiger partial charge in [0.2, 0.25) is 0 Å². The van der Waals surface area contributed by atoms with Gasteiger partial charge in [0.25, 0.3) is 0 Å². The van der Waals surface area contributed by atoms with Crippen LogP contribution in [0.15, 0.2) is 0 Å². The molecule has 5 nitrogen and oxygen atoms in total. The number of nitriles is 1. The molecule has 0 aromatic carbocycles. The van der Waals surface area contributed by atoms with Crippen molar-refractivity contribution in [2.24, 2.45) is 0 Å². The molecule has 2 heterocycles. The maximum atomic E-state index is 11.5. The van der Waals surface area contributed by atoms with Crippen molar-refractivity contribution >= 4 is 27.8 Å². The lowest BCUT2D eigenvalue weighted by atomic mass is 10.2. The fourth-order valence-electron chi connectivity index (χ4n) is 2.37. The minimum absolute atomic E-state index is 0.0967. The topological polar surface area (TPSA) is 79.3 Å². The zero-order valence-electron chi connectivity index (χ0n) is 11.3. The molecule has 1 aliphatic rings. The van der Waals surface area contributed by atoms with Crippen LogP contribution in [-0.4, -0.2) is 31.1 Å². The van der Waals surface area contributed by atoms with Gasteiger partial charge in [0.15, 0.2) is 5.78 Å². The number of ketones is 1. The average molecular weight is 279 g/mol. The number of nitrogens with two attached hydrogens (primary N) is 1. The van der Waals surface area contributed by atoms with E-state index in [0.29, 0.717) is 29.2 Å². The largest absolute Gasteiger partial charge is 0.396 e. The third-order valence-electron chi connectivity index (χ3n) is 3.06. The third-order valence-corrected chi connectivity index (χ3v) is 4.43. The number of thiophene rings is 1. The second-order valence-corrected chi connectivity index (χ2v) is 5.85. The summed E-state index contributed by atoms with van der Waals surface area (Å²) in [6, 6.07) is 2.12. The van der Waals surface area contributed by atoms with E-state index in [1.165, 1.54) is 18.3 Å². The molecule has 2 rings (SSSR count). The Morgan fingerprint density at radius 1 is 1.47 bits per heavy atom. The summed E-state index contributed by atoms with van der Waals surface area (Å²) < 4.78 is 5.68. The summed E-state index contributed by atoms with van der Waals surface area (Å²) in [5.41, 5.74) is 6.62. The second kappa shape index (κ2) is 5.19. The van der Waals surface area contributed by atoms with Gasteiger partial charge in [0, 0.05) is 20.0 Å². The van der Waals surface area contributed by atoms with Crippen LogP contribution in [0.1, 0.15) is 36.0 Å². The number of nitrogen functional groups attached to an aromatic ring is 1. The third kappa shape index (κ3) is 2.57. The molecule has 1 aromatic rings. The molecule has 19 heavy (non-hydrogen) atoms. The van der Waals surface area contributed by atoms with Crippen molar-refractivity contribution in [1.29, 1.82) is 5.26 Å². The maximum Gasteiger partial charge on any atom is 0.171 e. The minimum atomic E-state index is -0.0976. The number of nitrogens with zero attached hydrogens (tertiary/aromatic N) is 2. The van der Waals surface area contributed by atoms with E-state index in [2.05, 4.69) is 11.0 Å². The number of carbonyl (C=O) groups excluding carboxylic acids is 1. The highest BCUT2D eigenvalue weighted by molar-refractivity contribution is 7.19. The number of rotatable bonds is 2. The number of anilines is 2. The first-order valence-corrected chi connectivity index (χ1v) is 6.99. The van der Waals surface area contributed by atoms with Crippen molar-refractivity contribution in [1.82, 2.24) is 0 Å². The molecule has 102 valence electrons. The first-order valence-electron chi connectivity index (χ1n) is 6.17. The van der Waals surface area contributed by atoms with E-state index in [1.54, 1.807) is 0 Å². The molecule has 2 atom stereocenters. The molecule has 1 aliphatic heterocycles.